The monoisotopic (exact) mass is 308 g/mol. The number of H-pyrrole nitrogens is 1. The molecule has 7 heteroatoms. The van der Waals surface area contributed by atoms with Crippen LogP contribution < -0.4 is 10.3 Å². The van der Waals surface area contributed by atoms with Gasteiger partial charge < -0.3 is 9.72 Å². The highest BCUT2D eigenvalue weighted by Crippen LogP contribution is 2.31. The molecule has 0 spiro atoms. The predicted molar refractivity (Wildman–Crippen MR) is 73.4 cm³/mol. The van der Waals surface area contributed by atoms with Crippen LogP contribution in [0, 0.1) is 25.2 Å². The van der Waals surface area contributed by atoms with E-state index in [1.807, 2.05) is 0 Å². The number of ether oxygens (including phenoxy) is 1. The largest absolute Gasteiger partial charge is 0.573 e. The molecule has 1 aromatic heterocycles. The fourth-order valence-corrected chi connectivity index (χ4v) is 2.10. The Morgan fingerprint density at radius 1 is 1.18 bits per heavy atom. The summed E-state index contributed by atoms with van der Waals surface area (Å²) in [6.07, 6.45) is -4.81. The van der Waals surface area contributed by atoms with Crippen LogP contribution in [-0.2, 0) is 0 Å². The molecule has 2 aromatic rings. The maximum absolute atomic E-state index is 12.3. The van der Waals surface area contributed by atoms with Crippen LogP contribution in [0.2, 0.25) is 0 Å². The molecule has 2 rings (SSSR count). The molecular formula is C15H11F3N2O2. The van der Waals surface area contributed by atoms with Crippen LogP contribution in [-0.4, -0.2) is 11.3 Å². The summed E-state index contributed by atoms with van der Waals surface area (Å²) < 4.78 is 40.8. The maximum atomic E-state index is 12.3. The smallest absolute Gasteiger partial charge is 0.406 e. The Morgan fingerprint density at radius 3 is 2.45 bits per heavy atom. The van der Waals surface area contributed by atoms with Crippen LogP contribution in [0.1, 0.15) is 16.8 Å². The number of aryl methyl sites for hydroxylation is 2. The van der Waals surface area contributed by atoms with Gasteiger partial charge in [-0.25, -0.2) is 0 Å². The Balaban J connectivity index is 2.65. The average molecular weight is 308 g/mol. The molecule has 0 amide bonds. The van der Waals surface area contributed by atoms with E-state index in [2.05, 4.69) is 9.72 Å². The van der Waals surface area contributed by atoms with Crippen LogP contribution in [0.3, 0.4) is 0 Å². The summed E-state index contributed by atoms with van der Waals surface area (Å²) in [5.74, 6) is -0.407. The SMILES string of the molecule is Cc1cc(-c2cc(OC(F)(F)F)ccc2C)c(C#N)c(=O)[nH]1. The van der Waals surface area contributed by atoms with Crippen molar-refractivity contribution in [2.24, 2.45) is 0 Å². The minimum absolute atomic E-state index is 0.155. The van der Waals surface area contributed by atoms with Crippen molar-refractivity contribution in [3.8, 4) is 22.9 Å². The van der Waals surface area contributed by atoms with Gasteiger partial charge in [0.15, 0.2) is 0 Å². The molecule has 1 N–H and O–H groups in total. The zero-order valence-corrected chi connectivity index (χ0v) is 11.7. The first-order chi connectivity index (χ1) is 10.2. The van der Waals surface area contributed by atoms with E-state index >= 15 is 0 Å². The van der Waals surface area contributed by atoms with Crippen molar-refractivity contribution in [1.82, 2.24) is 4.98 Å². The minimum Gasteiger partial charge on any atom is -0.406 e. The third kappa shape index (κ3) is 3.28. The molecule has 0 saturated heterocycles. The summed E-state index contributed by atoms with van der Waals surface area (Å²) in [7, 11) is 0. The number of nitrogens with one attached hydrogen (secondary N) is 1. The van der Waals surface area contributed by atoms with E-state index in [1.165, 1.54) is 12.1 Å². The van der Waals surface area contributed by atoms with Gasteiger partial charge in [-0.1, -0.05) is 6.07 Å². The molecule has 0 radical (unpaired) electrons. The predicted octanol–water partition coefficient (Wildman–Crippen LogP) is 3.43. The lowest BCUT2D eigenvalue weighted by atomic mass is 9.97. The molecule has 0 unspecified atom stereocenters. The Labute approximate surface area is 123 Å². The van der Waals surface area contributed by atoms with Gasteiger partial charge in [-0.3, -0.25) is 4.79 Å². The fraction of sp³-hybridized carbons (Fsp3) is 0.200. The lowest BCUT2D eigenvalue weighted by Gasteiger charge is -2.13. The number of benzene rings is 1. The van der Waals surface area contributed by atoms with Crippen molar-refractivity contribution >= 4 is 0 Å². The molecule has 114 valence electrons. The number of nitriles is 1. The van der Waals surface area contributed by atoms with Crippen molar-refractivity contribution in [1.29, 1.82) is 5.26 Å². The summed E-state index contributed by atoms with van der Waals surface area (Å²) in [4.78, 5) is 14.3. The number of aromatic amines is 1. The zero-order chi connectivity index (χ0) is 16.5. The van der Waals surface area contributed by atoms with Crippen molar-refractivity contribution in [3.05, 3.63) is 51.4 Å². The quantitative estimate of drug-likeness (QED) is 0.924. The molecular weight excluding hydrogens is 297 g/mol. The van der Waals surface area contributed by atoms with Gasteiger partial charge in [-0.15, -0.1) is 13.2 Å². The van der Waals surface area contributed by atoms with Gasteiger partial charge in [-0.2, -0.15) is 5.26 Å². The Morgan fingerprint density at radius 2 is 1.86 bits per heavy atom. The van der Waals surface area contributed by atoms with Gasteiger partial charge in [0, 0.05) is 11.3 Å². The lowest BCUT2D eigenvalue weighted by molar-refractivity contribution is -0.274. The van der Waals surface area contributed by atoms with Gasteiger partial charge in [-0.05, 0) is 43.2 Å². The molecule has 0 aliphatic rings. The standard InChI is InChI=1S/C15H11F3N2O2/c1-8-3-4-10(22-15(16,17)18)6-11(8)12-5-9(2)20-14(21)13(12)7-19/h3-6H,1-2H3,(H,20,21). The zero-order valence-electron chi connectivity index (χ0n) is 11.7. The maximum Gasteiger partial charge on any atom is 0.573 e. The van der Waals surface area contributed by atoms with E-state index < -0.39 is 17.7 Å². The minimum atomic E-state index is -4.81. The summed E-state index contributed by atoms with van der Waals surface area (Å²) in [6, 6.07) is 7.10. The number of hydrogen-bond acceptors (Lipinski definition) is 3. The second-order valence-corrected chi connectivity index (χ2v) is 4.71. The number of aromatic nitrogens is 1. The molecule has 0 aliphatic heterocycles. The topological polar surface area (TPSA) is 65.9 Å². The number of pyridine rings is 1. The Bertz CT molecular complexity index is 817. The van der Waals surface area contributed by atoms with Crippen LogP contribution in [0.15, 0.2) is 29.1 Å². The van der Waals surface area contributed by atoms with Crippen LogP contribution >= 0.6 is 0 Å². The number of halogens is 3. The highest BCUT2D eigenvalue weighted by Gasteiger charge is 2.31. The first kappa shape index (κ1) is 15.6. The molecule has 4 nitrogen and oxygen atoms in total. The second kappa shape index (κ2) is 5.56. The molecule has 1 aromatic carbocycles. The molecule has 0 saturated carbocycles. The molecule has 0 fully saturated rings. The number of nitrogens with zero attached hydrogens (tertiary/aromatic N) is 1. The fourth-order valence-electron chi connectivity index (χ4n) is 2.10. The van der Waals surface area contributed by atoms with Crippen molar-refractivity contribution < 1.29 is 17.9 Å². The first-order valence-electron chi connectivity index (χ1n) is 6.22. The van der Waals surface area contributed by atoms with Gasteiger partial charge >= 0.3 is 6.36 Å². The molecule has 0 atom stereocenters. The van der Waals surface area contributed by atoms with Gasteiger partial charge in [0.05, 0.1) is 0 Å². The van der Waals surface area contributed by atoms with E-state index in [0.717, 1.165) is 6.07 Å². The summed E-state index contributed by atoms with van der Waals surface area (Å²) in [5.41, 5.74) is 0.995. The third-order valence-corrected chi connectivity index (χ3v) is 3.01. The van der Waals surface area contributed by atoms with Crippen LogP contribution in [0.4, 0.5) is 13.2 Å². The van der Waals surface area contributed by atoms with Crippen molar-refractivity contribution in [3.63, 3.8) is 0 Å². The molecule has 1 heterocycles. The molecule has 22 heavy (non-hydrogen) atoms. The highest BCUT2D eigenvalue weighted by atomic mass is 19.4. The van der Waals surface area contributed by atoms with E-state index in [9.17, 15) is 18.0 Å². The Kier molecular flexibility index (Phi) is 3.95. The van der Waals surface area contributed by atoms with Gasteiger partial charge in [0.2, 0.25) is 0 Å². The van der Waals surface area contributed by atoms with Crippen LogP contribution in [0.5, 0.6) is 5.75 Å². The lowest BCUT2D eigenvalue weighted by Crippen LogP contribution is -2.17. The summed E-state index contributed by atoms with van der Waals surface area (Å²) in [6.45, 7) is 3.29. The van der Waals surface area contributed by atoms with E-state index in [0.29, 0.717) is 16.8 Å². The normalized spacial score (nSPS) is 11.1. The summed E-state index contributed by atoms with van der Waals surface area (Å²) in [5, 5.41) is 9.12. The molecule has 0 aliphatic carbocycles. The number of rotatable bonds is 2. The number of hydrogen-bond donors (Lipinski definition) is 1. The van der Waals surface area contributed by atoms with E-state index in [4.69, 9.17) is 5.26 Å². The van der Waals surface area contributed by atoms with Crippen molar-refractivity contribution in [2.45, 2.75) is 20.2 Å². The average Bonchev–Trinajstić information content (AvgIpc) is 2.38. The third-order valence-electron chi connectivity index (χ3n) is 3.01. The summed E-state index contributed by atoms with van der Waals surface area (Å²) >= 11 is 0. The van der Waals surface area contributed by atoms with Gasteiger partial charge in [0.1, 0.15) is 17.4 Å². The van der Waals surface area contributed by atoms with Crippen molar-refractivity contribution in [2.75, 3.05) is 0 Å². The van der Waals surface area contributed by atoms with Crippen LogP contribution in [0.25, 0.3) is 11.1 Å². The molecule has 0 bridgehead atoms. The first-order valence-corrected chi connectivity index (χ1v) is 6.22. The van der Waals surface area contributed by atoms with Gasteiger partial charge in [0.25, 0.3) is 5.56 Å². The highest BCUT2D eigenvalue weighted by molar-refractivity contribution is 5.74. The Hall–Kier alpha value is -2.75. The second-order valence-electron chi connectivity index (χ2n) is 4.71. The van der Waals surface area contributed by atoms with E-state index in [1.54, 1.807) is 26.0 Å². The van der Waals surface area contributed by atoms with E-state index in [-0.39, 0.29) is 11.1 Å². The number of alkyl halides is 3.